The normalized spacial score (nSPS) is 39.0. The summed E-state index contributed by atoms with van der Waals surface area (Å²) in [5, 5.41) is 21.0. The Labute approximate surface area is 122 Å². The molecule has 0 amide bonds. The van der Waals surface area contributed by atoms with E-state index in [2.05, 4.69) is 4.90 Å². The molecule has 116 valence electrons. The summed E-state index contributed by atoms with van der Waals surface area (Å²) in [6, 6.07) is 0.483. The van der Waals surface area contributed by atoms with Crippen LogP contribution in [0.15, 0.2) is 0 Å². The van der Waals surface area contributed by atoms with Gasteiger partial charge in [-0.15, -0.1) is 0 Å². The molecule has 3 rings (SSSR count). The van der Waals surface area contributed by atoms with Gasteiger partial charge in [-0.25, -0.2) is 0 Å². The van der Waals surface area contributed by atoms with Crippen molar-refractivity contribution >= 4 is 0 Å². The highest BCUT2D eigenvalue weighted by molar-refractivity contribution is 4.94. The number of hydrogen-bond acceptors (Lipinski definition) is 4. The van der Waals surface area contributed by atoms with Crippen LogP contribution in [-0.4, -0.2) is 59.2 Å². The molecule has 3 fully saturated rings. The van der Waals surface area contributed by atoms with Crippen LogP contribution in [0.25, 0.3) is 0 Å². The number of nitrogens with zero attached hydrogens (tertiary/aromatic N) is 1. The molecule has 0 bridgehead atoms. The van der Waals surface area contributed by atoms with Crippen molar-refractivity contribution in [3.63, 3.8) is 0 Å². The molecule has 2 saturated heterocycles. The molecule has 0 unspecified atom stereocenters. The molecule has 4 nitrogen and oxygen atoms in total. The first-order valence-corrected chi connectivity index (χ1v) is 8.40. The number of hydrogen-bond donors (Lipinski definition) is 2. The van der Waals surface area contributed by atoms with Gasteiger partial charge in [-0.3, -0.25) is 4.90 Å². The van der Waals surface area contributed by atoms with Crippen molar-refractivity contribution in [1.82, 2.24) is 4.90 Å². The summed E-state index contributed by atoms with van der Waals surface area (Å²) in [5.41, 5.74) is -0.569. The lowest BCUT2D eigenvalue weighted by atomic mass is 9.80. The maximum atomic E-state index is 10.7. The van der Waals surface area contributed by atoms with Crippen LogP contribution in [0.5, 0.6) is 0 Å². The molecule has 0 aromatic heterocycles. The van der Waals surface area contributed by atoms with E-state index in [9.17, 15) is 10.2 Å². The summed E-state index contributed by atoms with van der Waals surface area (Å²) < 4.78 is 5.37. The van der Waals surface area contributed by atoms with Gasteiger partial charge in [0.25, 0.3) is 0 Å². The smallest absolute Gasteiger partial charge is 0.0818 e. The van der Waals surface area contributed by atoms with Crippen LogP contribution in [-0.2, 0) is 4.74 Å². The molecule has 2 N–H and O–H groups in total. The van der Waals surface area contributed by atoms with Gasteiger partial charge in [-0.2, -0.15) is 0 Å². The molecule has 20 heavy (non-hydrogen) atoms. The Hall–Kier alpha value is -0.160. The predicted molar refractivity (Wildman–Crippen MR) is 77.6 cm³/mol. The van der Waals surface area contributed by atoms with E-state index < -0.39 is 5.60 Å². The highest BCUT2D eigenvalue weighted by atomic mass is 16.5. The lowest BCUT2D eigenvalue weighted by Gasteiger charge is -2.41. The molecule has 3 atom stereocenters. The Morgan fingerprint density at radius 1 is 1.05 bits per heavy atom. The topological polar surface area (TPSA) is 52.9 Å². The van der Waals surface area contributed by atoms with Crippen molar-refractivity contribution < 1.29 is 14.9 Å². The van der Waals surface area contributed by atoms with Gasteiger partial charge < -0.3 is 14.9 Å². The second kappa shape index (κ2) is 6.30. The summed E-state index contributed by atoms with van der Waals surface area (Å²) >= 11 is 0. The number of ether oxygens (including phenoxy) is 1. The van der Waals surface area contributed by atoms with Gasteiger partial charge in [0, 0.05) is 44.6 Å². The van der Waals surface area contributed by atoms with Crippen molar-refractivity contribution in [2.75, 3.05) is 26.3 Å². The molecule has 0 radical (unpaired) electrons. The monoisotopic (exact) mass is 283 g/mol. The zero-order valence-corrected chi connectivity index (χ0v) is 12.5. The lowest BCUT2D eigenvalue weighted by Crippen LogP contribution is -2.51. The Morgan fingerprint density at radius 2 is 1.80 bits per heavy atom. The summed E-state index contributed by atoms with van der Waals surface area (Å²) in [7, 11) is 0. The second-order valence-corrected chi connectivity index (χ2v) is 7.03. The minimum atomic E-state index is -0.569. The average Bonchev–Trinajstić information content (AvgIpc) is 2.87. The van der Waals surface area contributed by atoms with Gasteiger partial charge >= 0.3 is 0 Å². The molecule has 2 heterocycles. The van der Waals surface area contributed by atoms with Crippen LogP contribution in [0.4, 0.5) is 0 Å². The zero-order valence-electron chi connectivity index (χ0n) is 12.5. The highest BCUT2D eigenvalue weighted by Gasteiger charge is 2.40. The van der Waals surface area contributed by atoms with E-state index in [-0.39, 0.29) is 6.10 Å². The van der Waals surface area contributed by atoms with Crippen molar-refractivity contribution in [2.45, 2.75) is 69.1 Å². The summed E-state index contributed by atoms with van der Waals surface area (Å²) in [4.78, 5) is 2.46. The predicted octanol–water partition coefficient (Wildman–Crippen LogP) is 1.54. The summed E-state index contributed by atoms with van der Waals surface area (Å²) in [5.74, 6) is 0.426. The number of aliphatic hydroxyl groups excluding tert-OH is 1. The molecular formula is C16H29NO3. The lowest BCUT2D eigenvalue weighted by molar-refractivity contribution is -0.0885. The van der Waals surface area contributed by atoms with Crippen molar-refractivity contribution in [3.8, 4) is 0 Å². The average molecular weight is 283 g/mol. The minimum absolute atomic E-state index is 0.126. The Kier molecular flexibility index (Phi) is 4.65. The quantitative estimate of drug-likeness (QED) is 0.825. The fourth-order valence-corrected chi connectivity index (χ4v) is 4.41. The molecule has 1 aliphatic carbocycles. The second-order valence-electron chi connectivity index (χ2n) is 7.03. The first-order chi connectivity index (χ1) is 9.68. The van der Waals surface area contributed by atoms with Crippen LogP contribution in [0, 0.1) is 5.92 Å². The summed E-state index contributed by atoms with van der Waals surface area (Å²) in [6.45, 7) is 3.21. The van der Waals surface area contributed by atoms with Gasteiger partial charge in [-0.1, -0.05) is 12.8 Å². The zero-order chi connectivity index (χ0) is 14.0. The Morgan fingerprint density at radius 3 is 2.55 bits per heavy atom. The fourth-order valence-electron chi connectivity index (χ4n) is 4.41. The van der Waals surface area contributed by atoms with E-state index in [0.29, 0.717) is 25.2 Å². The van der Waals surface area contributed by atoms with E-state index in [1.54, 1.807) is 0 Å². The van der Waals surface area contributed by atoms with Gasteiger partial charge in [-0.05, 0) is 32.2 Å². The van der Waals surface area contributed by atoms with Crippen LogP contribution in [0.1, 0.15) is 51.4 Å². The van der Waals surface area contributed by atoms with Crippen LogP contribution in [0.3, 0.4) is 0 Å². The van der Waals surface area contributed by atoms with Crippen LogP contribution >= 0.6 is 0 Å². The third-order valence-electron chi connectivity index (χ3n) is 5.61. The van der Waals surface area contributed by atoms with Gasteiger partial charge in [0.2, 0.25) is 0 Å². The molecule has 2 aliphatic heterocycles. The van der Waals surface area contributed by atoms with Crippen molar-refractivity contribution in [2.24, 2.45) is 5.92 Å². The van der Waals surface area contributed by atoms with Gasteiger partial charge in [0.1, 0.15) is 0 Å². The molecule has 0 aromatic rings. The van der Waals surface area contributed by atoms with E-state index >= 15 is 0 Å². The number of rotatable bonds is 3. The molecular weight excluding hydrogens is 254 g/mol. The third kappa shape index (κ3) is 3.19. The van der Waals surface area contributed by atoms with E-state index in [1.807, 2.05) is 0 Å². The Bertz CT molecular complexity index is 317. The molecule has 3 aliphatic rings. The van der Waals surface area contributed by atoms with E-state index in [1.165, 1.54) is 25.7 Å². The number of β-amino-alcohol motifs (C(OH)–C–C–N with tert-alkyl or cyclic N) is 1. The van der Waals surface area contributed by atoms with E-state index in [0.717, 1.165) is 38.8 Å². The number of aliphatic hydroxyl groups is 2. The first kappa shape index (κ1) is 14.8. The summed E-state index contributed by atoms with van der Waals surface area (Å²) in [6.07, 6.45) is 8.33. The van der Waals surface area contributed by atoms with Crippen LogP contribution in [0.2, 0.25) is 0 Å². The SMILES string of the molecule is O[C@@H]1CCCC[C@@H]1[C@H]1CCCN1CC1(O)CCOCC1. The maximum absolute atomic E-state index is 10.7. The molecule has 1 saturated carbocycles. The molecule has 4 heteroatoms. The minimum Gasteiger partial charge on any atom is -0.393 e. The maximum Gasteiger partial charge on any atom is 0.0818 e. The van der Waals surface area contributed by atoms with Gasteiger partial charge in [0.05, 0.1) is 11.7 Å². The first-order valence-electron chi connectivity index (χ1n) is 8.40. The van der Waals surface area contributed by atoms with Crippen molar-refractivity contribution in [3.05, 3.63) is 0 Å². The fraction of sp³-hybridized carbons (Fsp3) is 1.00. The molecule has 0 spiro atoms. The highest BCUT2D eigenvalue weighted by Crippen LogP contribution is 2.36. The third-order valence-corrected chi connectivity index (χ3v) is 5.61. The van der Waals surface area contributed by atoms with Gasteiger partial charge in [0.15, 0.2) is 0 Å². The largest absolute Gasteiger partial charge is 0.393 e. The van der Waals surface area contributed by atoms with Crippen molar-refractivity contribution in [1.29, 1.82) is 0 Å². The molecule has 0 aromatic carbocycles. The van der Waals surface area contributed by atoms with E-state index in [4.69, 9.17) is 4.74 Å². The number of likely N-dealkylation sites (tertiary alicyclic amines) is 1. The Balaban J connectivity index is 1.62. The van der Waals surface area contributed by atoms with Crippen LogP contribution < -0.4 is 0 Å². The standard InChI is InChI=1S/C16H29NO3/c18-15-6-2-1-4-13(15)14-5-3-9-17(14)12-16(19)7-10-20-11-8-16/h13-15,18-19H,1-12H2/t13-,14-,15-/m1/s1.